The molecule has 5 nitrogen and oxygen atoms in total. The summed E-state index contributed by atoms with van der Waals surface area (Å²) in [5, 5.41) is 10.7. The number of hydrogen-bond acceptors (Lipinski definition) is 4. The Morgan fingerprint density at radius 1 is 1.32 bits per heavy atom. The van der Waals surface area contributed by atoms with Crippen molar-refractivity contribution in [3.8, 4) is 0 Å². The van der Waals surface area contributed by atoms with Gasteiger partial charge in [-0.15, -0.1) is 24.0 Å². The van der Waals surface area contributed by atoms with Crippen LogP contribution in [0.5, 0.6) is 0 Å². The van der Waals surface area contributed by atoms with Crippen molar-refractivity contribution in [2.75, 3.05) is 20.2 Å². The van der Waals surface area contributed by atoms with Crippen LogP contribution >= 0.6 is 35.3 Å². The van der Waals surface area contributed by atoms with Gasteiger partial charge >= 0.3 is 5.97 Å². The van der Waals surface area contributed by atoms with Gasteiger partial charge in [0, 0.05) is 19.5 Å². The van der Waals surface area contributed by atoms with Crippen LogP contribution in [0.4, 0.5) is 0 Å². The lowest BCUT2D eigenvalue weighted by Gasteiger charge is -2.10. The van der Waals surface area contributed by atoms with E-state index in [-0.39, 0.29) is 29.9 Å². The predicted molar refractivity (Wildman–Crippen MR) is 103 cm³/mol. The zero-order chi connectivity index (χ0) is 15.3. The van der Waals surface area contributed by atoms with Gasteiger partial charge in [0.05, 0.1) is 13.7 Å². The minimum atomic E-state index is -0.131. The van der Waals surface area contributed by atoms with E-state index in [1.165, 1.54) is 12.7 Å². The summed E-state index contributed by atoms with van der Waals surface area (Å²) < 4.78 is 4.61. The van der Waals surface area contributed by atoms with E-state index in [0.29, 0.717) is 13.0 Å². The number of halogens is 1. The molecule has 1 aromatic rings. The van der Waals surface area contributed by atoms with E-state index in [2.05, 4.69) is 44.1 Å². The Morgan fingerprint density at radius 2 is 2.14 bits per heavy atom. The Hall–Kier alpha value is -0.830. The number of nitrogens with one attached hydrogen (secondary N) is 2. The normalized spacial score (nSPS) is 10.7. The fourth-order valence-electron chi connectivity index (χ4n) is 1.77. The number of aliphatic imine (C=N–C) groups is 1. The van der Waals surface area contributed by atoms with Crippen LogP contribution in [0.1, 0.15) is 38.2 Å². The molecule has 0 unspecified atom stereocenters. The summed E-state index contributed by atoms with van der Waals surface area (Å²) in [6.07, 6.45) is 3.39. The molecule has 1 aromatic heterocycles. The van der Waals surface area contributed by atoms with Gasteiger partial charge in [-0.1, -0.05) is 6.42 Å². The van der Waals surface area contributed by atoms with Crippen molar-refractivity contribution in [3.63, 3.8) is 0 Å². The number of hydrogen-bond donors (Lipinski definition) is 2. The van der Waals surface area contributed by atoms with E-state index < -0.39 is 0 Å². The lowest BCUT2D eigenvalue weighted by atomic mass is 10.2. The first-order valence-corrected chi connectivity index (χ1v) is 8.30. The molecular formula is C15H26IN3O2S. The maximum atomic E-state index is 11.0. The summed E-state index contributed by atoms with van der Waals surface area (Å²) in [6, 6.07) is 2.09. The standard InChI is InChI=1S/C15H25N3O2S.HI/c1-3-16-15(18-11-13-8-10-21-12-13)17-9-6-4-5-7-14(19)20-2;/h8,10,12H,3-7,9,11H2,1-2H3,(H2,16,17,18);1H. The molecule has 0 fully saturated rings. The van der Waals surface area contributed by atoms with Crippen LogP contribution in [-0.4, -0.2) is 32.1 Å². The maximum absolute atomic E-state index is 11.0. The molecule has 2 N–H and O–H groups in total. The maximum Gasteiger partial charge on any atom is 0.305 e. The second kappa shape index (κ2) is 13.8. The molecule has 0 aliphatic rings. The van der Waals surface area contributed by atoms with Crippen LogP contribution < -0.4 is 10.6 Å². The van der Waals surface area contributed by atoms with Crippen LogP contribution in [0.25, 0.3) is 0 Å². The molecule has 0 atom stereocenters. The first-order chi connectivity index (χ1) is 10.3. The average molecular weight is 439 g/mol. The summed E-state index contributed by atoms with van der Waals surface area (Å²) in [6.45, 7) is 4.45. The molecule has 0 saturated carbocycles. The van der Waals surface area contributed by atoms with Gasteiger partial charge < -0.3 is 15.4 Å². The minimum Gasteiger partial charge on any atom is -0.469 e. The number of unbranched alkanes of at least 4 members (excludes halogenated alkanes) is 2. The highest BCUT2D eigenvalue weighted by molar-refractivity contribution is 14.0. The first kappa shape index (κ1) is 21.2. The van der Waals surface area contributed by atoms with Crippen molar-refractivity contribution in [1.29, 1.82) is 0 Å². The molecule has 0 amide bonds. The summed E-state index contributed by atoms with van der Waals surface area (Å²) >= 11 is 1.69. The molecule has 0 aromatic carbocycles. The lowest BCUT2D eigenvalue weighted by molar-refractivity contribution is -0.140. The third-order valence-electron chi connectivity index (χ3n) is 2.92. The largest absolute Gasteiger partial charge is 0.469 e. The summed E-state index contributed by atoms with van der Waals surface area (Å²) in [5.74, 6) is 0.713. The van der Waals surface area contributed by atoms with Gasteiger partial charge in [-0.2, -0.15) is 11.3 Å². The molecule has 0 aliphatic heterocycles. The third-order valence-corrected chi connectivity index (χ3v) is 3.65. The van der Waals surface area contributed by atoms with Gasteiger partial charge in [0.15, 0.2) is 5.96 Å². The van der Waals surface area contributed by atoms with Crippen LogP contribution in [0.2, 0.25) is 0 Å². The molecule has 0 radical (unpaired) electrons. The van der Waals surface area contributed by atoms with Crippen LogP contribution in [-0.2, 0) is 16.1 Å². The van der Waals surface area contributed by atoms with E-state index in [4.69, 9.17) is 0 Å². The number of rotatable bonds is 9. The second-order valence-electron chi connectivity index (χ2n) is 4.64. The zero-order valence-corrected chi connectivity index (χ0v) is 16.4. The highest BCUT2D eigenvalue weighted by atomic mass is 127. The van der Waals surface area contributed by atoms with Gasteiger partial charge in [-0.3, -0.25) is 4.79 Å². The van der Waals surface area contributed by atoms with E-state index >= 15 is 0 Å². The molecule has 22 heavy (non-hydrogen) atoms. The summed E-state index contributed by atoms with van der Waals surface area (Å²) in [7, 11) is 1.43. The minimum absolute atomic E-state index is 0. The molecular weight excluding hydrogens is 413 g/mol. The summed E-state index contributed by atoms with van der Waals surface area (Å²) in [5.41, 5.74) is 1.23. The molecule has 7 heteroatoms. The first-order valence-electron chi connectivity index (χ1n) is 7.36. The number of thiophene rings is 1. The van der Waals surface area contributed by atoms with Gasteiger partial charge in [-0.05, 0) is 42.2 Å². The van der Waals surface area contributed by atoms with Crippen LogP contribution in [0.3, 0.4) is 0 Å². The number of nitrogens with zero attached hydrogens (tertiary/aromatic N) is 1. The monoisotopic (exact) mass is 439 g/mol. The van der Waals surface area contributed by atoms with Crippen molar-refractivity contribution in [2.45, 2.75) is 39.2 Å². The number of ether oxygens (including phenoxy) is 1. The van der Waals surface area contributed by atoms with E-state index in [1.54, 1.807) is 11.3 Å². The molecule has 0 saturated heterocycles. The molecule has 0 bridgehead atoms. The second-order valence-corrected chi connectivity index (χ2v) is 5.42. The van der Waals surface area contributed by atoms with Crippen LogP contribution in [0, 0.1) is 0 Å². The fraction of sp³-hybridized carbons (Fsp3) is 0.600. The Labute approximate surface area is 154 Å². The topological polar surface area (TPSA) is 62.7 Å². The Morgan fingerprint density at radius 3 is 2.77 bits per heavy atom. The van der Waals surface area contributed by atoms with Crippen molar-refractivity contribution < 1.29 is 9.53 Å². The van der Waals surface area contributed by atoms with Crippen molar-refractivity contribution in [2.24, 2.45) is 4.99 Å². The van der Waals surface area contributed by atoms with Gasteiger partial charge in [0.25, 0.3) is 0 Å². The Kier molecular flexibility index (Phi) is 13.3. The number of methoxy groups -OCH3 is 1. The molecule has 0 spiro atoms. The van der Waals surface area contributed by atoms with E-state index in [0.717, 1.165) is 38.3 Å². The highest BCUT2D eigenvalue weighted by Crippen LogP contribution is 2.06. The quantitative estimate of drug-likeness (QED) is 0.204. The van der Waals surface area contributed by atoms with Gasteiger partial charge in [0.1, 0.15) is 0 Å². The van der Waals surface area contributed by atoms with E-state index in [9.17, 15) is 4.79 Å². The number of carbonyl (C=O) groups is 1. The van der Waals surface area contributed by atoms with Gasteiger partial charge in [-0.25, -0.2) is 4.99 Å². The van der Waals surface area contributed by atoms with E-state index in [1.807, 2.05) is 0 Å². The molecule has 126 valence electrons. The number of guanidine groups is 1. The number of carbonyl (C=O) groups excluding carboxylic acids is 1. The molecule has 1 rings (SSSR count). The predicted octanol–water partition coefficient (Wildman–Crippen LogP) is 3.15. The lowest BCUT2D eigenvalue weighted by Crippen LogP contribution is -2.37. The van der Waals surface area contributed by atoms with Crippen LogP contribution in [0.15, 0.2) is 21.8 Å². The molecule has 0 aliphatic carbocycles. The van der Waals surface area contributed by atoms with Crippen molar-refractivity contribution in [3.05, 3.63) is 22.4 Å². The SMILES string of the molecule is CCNC(=NCc1ccsc1)NCCCCCC(=O)OC.I. The Bertz CT molecular complexity index is 424. The fourth-order valence-corrected chi connectivity index (χ4v) is 2.43. The summed E-state index contributed by atoms with van der Waals surface area (Å²) in [4.78, 5) is 15.5. The smallest absolute Gasteiger partial charge is 0.305 e. The third kappa shape index (κ3) is 9.99. The van der Waals surface area contributed by atoms with Crippen molar-refractivity contribution in [1.82, 2.24) is 10.6 Å². The van der Waals surface area contributed by atoms with Crippen molar-refractivity contribution >= 4 is 47.2 Å². The Balaban J connectivity index is 0.00000441. The van der Waals surface area contributed by atoms with Gasteiger partial charge in [0.2, 0.25) is 0 Å². The average Bonchev–Trinajstić information content (AvgIpc) is 3.01. The number of esters is 1. The zero-order valence-electron chi connectivity index (χ0n) is 13.3. The highest BCUT2D eigenvalue weighted by Gasteiger charge is 2.00. The molecule has 1 heterocycles.